The SMILES string of the molecule is CC1(C)CCCC(Nc2ccc(SC(F)(F)F)cc2)CC1. The van der Waals surface area contributed by atoms with Crippen molar-refractivity contribution in [2.75, 3.05) is 5.32 Å². The van der Waals surface area contributed by atoms with Crippen LogP contribution in [0.2, 0.25) is 0 Å². The molecule has 1 fully saturated rings. The van der Waals surface area contributed by atoms with Gasteiger partial charge in [0.25, 0.3) is 0 Å². The molecule has 0 radical (unpaired) electrons. The molecular formula is C16H22F3NS. The van der Waals surface area contributed by atoms with Gasteiger partial charge in [0.2, 0.25) is 0 Å². The fourth-order valence-corrected chi connectivity index (χ4v) is 3.33. The van der Waals surface area contributed by atoms with Gasteiger partial charge in [0.1, 0.15) is 0 Å². The van der Waals surface area contributed by atoms with Gasteiger partial charge in [0.05, 0.1) is 0 Å². The van der Waals surface area contributed by atoms with Crippen LogP contribution in [0.25, 0.3) is 0 Å². The number of benzene rings is 1. The lowest BCUT2D eigenvalue weighted by Gasteiger charge is -2.22. The lowest BCUT2D eigenvalue weighted by Crippen LogP contribution is -2.19. The van der Waals surface area contributed by atoms with Crippen molar-refractivity contribution in [1.82, 2.24) is 0 Å². The molecule has 118 valence electrons. The maximum atomic E-state index is 12.3. The van der Waals surface area contributed by atoms with Crippen LogP contribution in [0.4, 0.5) is 18.9 Å². The van der Waals surface area contributed by atoms with E-state index in [1.165, 1.54) is 31.4 Å². The summed E-state index contributed by atoms with van der Waals surface area (Å²) in [7, 11) is 0. The predicted octanol–water partition coefficient (Wildman–Crippen LogP) is 6.07. The highest BCUT2D eigenvalue weighted by atomic mass is 32.2. The molecule has 0 saturated heterocycles. The summed E-state index contributed by atoms with van der Waals surface area (Å²) in [5.74, 6) is 0. The lowest BCUT2D eigenvalue weighted by molar-refractivity contribution is -0.0328. The summed E-state index contributed by atoms with van der Waals surface area (Å²) in [6.07, 6.45) is 5.88. The van der Waals surface area contributed by atoms with Gasteiger partial charge in [-0.25, -0.2) is 0 Å². The topological polar surface area (TPSA) is 12.0 Å². The third-order valence-corrected chi connectivity index (χ3v) is 4.77. The average Bonchev–Trinajstić information content (AvgIpc) is 2.52. The molecule has 0 amide bonds. The second kappa shape index (κ2) is 6.51. The van der Waals surface area contributed by atoms with Crippen LogP contribution in [0.1, 0.15) is 46.0 Å². The molecule has 1 N–H and O–H groups in total. The van der Waals surface area contributed by atoms with Crippen molar-refractivity contribution in [3.05, 3.63) is 24.3 Å². The third-order valence-electron chi connectivity index (χ3n) is 4.03. The van der Waals surface area contributed by atoms with E-state index >= 15 is 0 Å². The van der Waals surface area contributed by atoms with Crippen molar-refractivity contribution in [3.8, 4) is 0 Å². The highest BCUT2D eigenvalue weighted by Crippen LogP contribution is 2.38. The number of halogens is 3. The molecule has 1 aromatic rings. The van der Waals surface area contributed by atoms with Crippen molar-refractivity contribution in [1.29, 1.82) is 0 Å². The van der Waals surface area contributed by atoms with E-state index in [0.29, 0.717) is 11.5 Å². The number of nitrogens with one attached hydrogen (secondary N) is 1. The monoisotopic (exact) mass is 317 g/mol. The first kappa shape index (κ1) is 16.5. The van der Waals surface area contributed by atoms with E-state index in [1.807, 2.05) is 0 Å². The van der Waals surface area contributed by atoms with Gasteiger partial charge < -0.3 is 5.32 Å². The van der Waals surface area contributed by atoms with E-state index in [0.717, 1.165) is 18.5 Å². The molecule has 1 atom stereocenters. The molecule has 0 aromatic heterocycles. The fourth-order valence-electron chi connectivity index (χ4n) is 2.79. The standard InChI is InChI=1S/C16H22F3NS/c1-15(2)10-3-4-12(9-11-15)20-13-5-7-14(8-6-13)21-16(17,18)19/h5-8,12,20H,3-4,9-11H2,1-2H3. The van der Waals surface area contributed by atoms with Gasteiger partial charge in [0.15, 0.2) is 0 Å². The van der Waals surface area contributed by atoms with Crippen molar-refractivity contribution in [3.63, 3.8) is 0 Å². The maximum Gasteiger partial charge on any atom is 0.446 e. The summed E-state index contributed by atoms with van der Waals surface area (Å²) >= 11 is -0.0692. The van der Waals surface area contributed by atoms with Crippen molar-refractivity contribution >= 4 is 17.4 Å². The Balaban J connectivity index is 1.91. The van der Waals surface area contributed by atoms with Crippen LogP contribution < -0.4 is 5.32 Å². The molecular weight excluding hydrogens is 295 g/mol. The predicted molar refractivity (Wildman–Crippen MR) is 82.6 cm³/mol. The Kier molecular flexibility index (Phi) is 5.12. The number of anilines is 1. The van der Waals surface area contributed by atoms with Crippen LogP contribution in [0.15, 0.2) is 29.2 Å². The molecule has 0 heterocycles. The molecule has 0 bridgehead atoms. The number of thioether (sulfide) groups is 1. The summed E-state index contributed by atoms with van der Waals surface area (Å²) in [6.45, 7) is 4.61. The van der Waals surface area contributed by atoms with Gasteiger partial charge in [0, 0.05) is 16.6 Å². The minimum atomic E-state index is -4.22. The van der Waals surface area contributed by atoms with Crippen molar-refractivity contribution < 1.29 is 13.2 Å². The Hall–Kier alpha value is -0.840. The van der Waals surface area contributed by atoms with Crippen LogP contribution in [0.5, 0.6) is 0 Å². The highest BCUT2D eigenvalue weighted by molar-refractivity contribution is 8.00. The average molecular weight is 317 g/mol. The zero-order chi connectivity index (χ0) is 15.5. The number of hydrogen-bond acceptors (Lipinski definition) is 2. The molecule has 1 aromatic carbocycles. The molecule has 1 aliphatic rings. The van der Waals surface area contributed by atoms with E-state index in [4.69, 9.17) is 0 Å². The molecule has 21 heavy (non-hydrogen) atoms. The zero-order valence-corrected chi connectivity index (χ0v) is 13.3. The first-order chi connectivity index (χ1) is 9.73. The zero-order valence-electron chi connectivity index (χ0n) is 12.5. The summed E-state index contributed by atoms with van der Waals surface area (Å²) in [6, 6.07) is 6.96. The molecule has 5 heteroatoms. The quantitative estimate of drug-likeness (QED) is 0.536. The smallest absolute Gasteiger partial charge is 0.382 e. The Morgan fingerprint density at radius 2 is 1.76 bits per heavy atom. The minimum Gasteiger partial charge on any atom is -0.382 e. The Morgan fingerprint density at radius 3 is 2.38 bits per heavy atom. The molecule has 2 rings (SSSR count). The second-order valence-electron chi connectivity index (χ2n) is 6.51. The Morgan fingerprint density at radius 1 is 1.10 bits per heavy atom. The third kappa shape index (κ3) is 5.81. The van der Waals surface area contributed by atoms with Crippen LogP contribution in [0, 0.1) is 5.41 Å². The summed E-state index contributed by atoms with van der Waals surface area (Å²) in [5.41, 5.74) is -2.91. The molecule has 0 spiro atoms. The van der Waals surface area contributed by atoms with E-state index in [2.05, 4.69) is 19.2 Å². The largest absolute Gasteiger partial charge is 0.446 e. The van der Waals surface area contributed by atoms with Gasteiger partial charge in [-0.05, 0) is 67.1 Å². The minimum absolute atomic E-state index is 0.0692. The van der Waals surface area contributed by atoms with Gasteiger partial charge in [-0.2, -0.15) is 13.2 Å². The highest BCUT2D eigenvalue weighted by Gasteiger charge is 2.29. The van der Waals surface area contributed by atoms with E-state index in [9.17, 15) is 13.2 Å². The number of rotatable bonds is 3. The first-order valence-corrected chi connectivity index (χ1v) is 8.18. The van der Waals surface area contributed by atoms with Gasteiger partial charge in [-0.3, -0.25) is 0 Å². The van der Waals surface area contributed by atoms with Gasteiger partial charge in [-0.15, -0.1) is 0 Å². The Bertz CT molecular complexity index is 454. The second-order valence-corrected chi connectivity index (χ2v) is 7.65. The van der Waals surface area contributed by atoms with Gasteiger partial charge >= 0.3 is 5.51 Å². The van der Waals surface area contributed by atoms with E-state index in [1.54, 1.807) is 12.1 Å². The van der Waals surface area contributed by atoms with Crippen LogP contribution in [0.3, 0.4) is 0 Å². The fraction of sp³-hybridized carbons (Fsp3) is 0.625. The summed E-state index contributed by atoms with van der Waals surface area (Å²) < 4.78 is 36.8. The summed E-state index contributed by atoms with van der Waals surface area (Å²) in [4.78, 5) is 0.232. The van der Waals surface area contributed by atoms with Crippen LogP contribution in [-0.2, 0) is 0 Å². The van der Waals surface area contributed by atoms with Crippen LogP contribution >= 0.6 is 11.8 Å². The van der Waals surface area contributed by atoms with E-state index in [-0.39, 0.29) is 16.7 Å². The lowest BCUT2D eigenvalue weighted by atomic mass is 9.85. The van der Waals surface area contributed by atoms with E-state index < -0.39 is 5.51 Å². The number of alkyl halides is 3. The molecule has 1 unspecified atom stereocenters. The maximum absolute atomic E-state index is 12.3. The number of hydrogen-bond donors (Lipinski definition) is 1. The summed E-state index contributed by atoms with van der Waals surface area (Å²) in [5, 5.41) is 3.46. The molecule has 1 aliphatic carbocycles. The van der Waals surface area contributed by atoms with Crippen molar-refractivity contribution in [2.45, 2.75) is 62.4 Å². The van der Waals surface area contributed by atoms with Crippen LogP contribution in [-0.4, -0.2) is 11.6 Å². The molecule has 0 aliphatic heterocycles. The van der Waals surface area contributed by atoms with Gasteiger partial charge in [-0.1, -0.05) is 20.3 Å². The molecule has 1 nitrogen and oxygen atoms in total. The first-order valence-electron chi connectivity index (χ1n) is 7.36. The van der Waals surface area contributed by atoms with Crippen molar-refractivity contribution in [2.24, 2.45) is 5.41 Å². The molecule has 1 saturated carbocycles. The normalized spacial score (nSPS) is 22.6. The Labute approximate surface area is 128 Å².